The fraction of sp³-hybridized carbons (Fsp3) is 0.105. The van der Waals surface area contributed by atoms with Gasteiger partial charge in [0, 0.05) is 6.42 Å². The van der Waals surface area contributed by atoms with Crippen LogP contribution in [0, 0.1) is 0 Å². The number of hydrogen-bond donors (Lipinski definition) is 0. The Balaban J connectivity index is 2.01. The fourth-order valence-corrected chi connectivity index (χ4v) is 3.43. The highest BCUT2D eigenvalue weighted by atomic mass is 32.2. The largest absolute Gasteiger partial charge is 0.378 e. The Labute approximate surface area is 140 Å². The summed E-state index contributed by atoms with van der Waals surface area (Å²) in [7, 11) is -4.02. The van der Waals surface area contributed by atoms with Gasteiger partial charge in [0.15, 0.2) is 11.5 Å². The van der Waals surface area contributed by atoms with Crippen molar-refractivity contribution >= 4 is 26.7 Å². The predicted molar refractivity (Wildman–Crippen MR) is 92.8 cm³/mol. The second kappa shape index (κ2) is 6.45. The molecule has 0 spiro atoms. The molecule has 122 valence electrons. The van der Waals surface area contributed by atoms with Gasteiger partial charge in [-0.05, 0) is 35.0 Å². The number of hydrogen-bond acceptors (Lipinski definition) is 4. The predicted octanol–water partition coefficient (Wildman–Crippen LogP) is 4.20. The molecule has 0 saturated carbocycles. The van der Waals surface area contributed by atoms with Crippen molar-refractivity contribution < 1.29 is 17.4 Å². The molecule has 0 aromatic heterocycles. The summed E-state index contributed by atoms with van der Waals surface area (Å²) in [5.74, 6) is -0.114. The number of benzene rings is 3. The highest BCUT2D eigenvalue weighted by Crippen LogP contribution is 2.26. The molecule has 4 nitrogen and oxygen atoms in total. The van der Waals surface area contributed by atoms with Gasteiger partial charge in [-0.2, -0.15) is 8.42 Å². The van der Waals surface area contributed by atoms with Gasteiger partial charge in [-0.25, -0.2) is 0 Å². The molecular weight excluding hydrogens is 324 g/mol. The van der Waals surface area contributed by atoms with E-state index >= 15 is 0 Å². The second-order valence-corrected chi connectivity index (χ2v) is 6.87. The Morgan fingerprint density at radius 2 is 1.58 bits per heavy atom. The lowest BCUT2D eigenvalue weighted by molar-refractivity contribution is 0.0986. The molecule has 0 aliphatic heterocycles. The van der Waals surface area contributed by atoms with E-state index in [1.165, 1.54) is 12.1 Å². The van der Waals surface area contributed by atoms with E-state index in [0.29, 0.717) is 0 Å². The van der Waals surface area contributed by atoms with Gasteiger partial charge < -0.3 is 4.18 Å². The lowest BCUT2D eigenvalue weighted by Crippen LogP contribution is -2.12. The number of carbonyl (C=O) groups excluding carboxylic acids is 1. The topological polar surface area (TPSA) is 60.4 Å². The zero-order valence-electron chi connectivity index (χ0n) is 13.1. The molecule has 3 aromatic rings. The first-order valence-corrected chi connectivity index (χ1v) is 8.97. The summed E-state index contributed by atoms with van der Waals surface area (Å²) in [6.45, 7) is 1.72. The van der Waals surface area contributed by atoms with Gasteiger partial charge in [0.1, 0.15) is 4.90 Å². The summed E-state index contributed by atoms with van der Waals surface area (Å²) in [6.07, 6.45) is 0.274. The fourth-order valence-electron chi connectivity index (χ4n) is 2.45. The van der Waals surface area contributed by atoms with Gasteiger partial charge in [0.05, 0.1) is 5.56 Å². The van der Waals surface area contributed by atoms with Crippen LogP contribution in [0.25, 0.3) is 10.8 Å². The summed E-state index contributed by atoms with van der Waals surface area (Å²) >= 11 is 0. The van der Waals surface area contributed by atoms with Crippen LogP contribution in [0.5, 0.6) is 5.75 Å². The Hall–Kier alpha value is -2.66. The minimum atomic E-state index is -4.02. The molecule has 5 heteroatoms. The summed E-state index contributed by atoms with van der Waals surface area (Å²) < 4.78 is 30.4. The van der Waals surface area contributed by atoms with Crippen molar-refractivity contribution in [1.29, 1.82) is 0 Å². The maximum atomic E-state index is 12.6. The van der Waals surface area contributed by atoms with Crippen LogP contribution in [-0.4, -0.2) is 14.2 Å². The number of rotatable bonds is 5. The standard InChI is InChI=1S/C19H16O4S/c1-2-18(20)17-9-5-6-10-19(17)23-24(21,22)16-12-11-14-7-3-4-8-15(14)13-16/h3-13H,2H2,1H3. The molecular formula is C19H16O4S. The van der Waals surface area contributed by atoms with E-state index in [-0.39, 0.29) is 28.4 Å². The molecule has 0 amide bonds. The molecule has 0 radical (unpaired) electrons. The quantitative estimate of drug-likeness (QED) is 0.516. The van der Waals surface area contributed by atoms with Gasteiger partial charge in [-0.1, -0.05) is 49.4 Å². The minimum absolute atomic E-state index is 0.0532. The van der Waals surface area contributed by atoms with E-state index in [1.54, 1.807) is 37.3 Å². The monoisotopic (exact) mass is 340 g/mol. The summed E-state index contributed by atoms with van der Waals surface area (Å²) in [5, 5.41) is 1.75. The third kappa shape index (κ3) is 3.16. The zero-order valence-corrected chi connectivity index (χ0v) is 13.9. The first-order valence-electron chi connectivity index (χ1n) is 7.57. The number of carbonyl (C=O) groups is 1. The van der Waals surface area contributed by atoms with Crippen LogP contribution in [0.2, 0.25) is 0 Å². The average Bonchev–Trinajstić information content (AvgIpc) is 2.60. The molecule has 0 atom stereocenters. The number of Topliss-reactive ketones (excluding diaryl/α,β-unsaturated/α-hetero) is 1. The summed E-state index contributed by atoms with van der Waals surface area (Å²) in [4.78, 5) is 12.0. The van der Waals surface area contributed by atoms with Crippen molar-refractivity contribution in [1.82, 2.24) is 0 Å². The van der Waals surface area contributed by atoms with Crippen LogP contribution >= 0.6 is 0 Å². The van der Waals surface area contributed by atoms with Crippen LogP contribution in [0.1, 0.15) is 23.7 Å². The van der Waals surface area contributed by atoms with E-state index in [1.807, 2.05) is 24.3 Å². The highest BCUT2D eigenvalue weighted by Gasteiger charge is 2.20. The van der Waals surface area contributed by atoms with Crippen LogP contribution in [-0.2, 0) is 10.1 Å². The second-order valence-electron chi connectivity index (χ2n) is 5.32. The van der Waals surface area contributed by atoms with Crippen LogP contribution in [0.4, 0.5) is 0 Å². The number of ketones is 1. The molecule has 3 rings (SSSR count). The van der Waals surface area contributed by atoms with Gasteiger partial charge in [0.2, 0.25) is 0 Å². The Bertz CT molecular complexity index is 1010. The summed E-state index contributed by atoms with van der Waals surface area (Å²) in [6, 6.07) is 18.6. The van der Waals surface area contributed by atoms with Gasteiger partial charge >= 0.3 is 10.1 Å². The maximum Gasteiger partial charge on any atom is 0.339 e. The van der Waals surface area contributed by atoms with Crippen LogP contribution in [0.15, 0.2) is 71.6 Å². The molecule has 0 heterocycles. The molecule has 0 saturated heterocycles. The summed E-state index contributed by atoms with van der Waals surface area (Å²) in [5.41, 5.74) is 0.268. The maximum absolute atomic E-state index is 12.6. The van der Waals surface area contributed by atoms with Crippen molar-refractivity contribution in [2.45, 2.75) is 18.2 Å². The highest BCUT2D eigenvalue weighted by molar-refractivity contribution is 7.87. The van der Waals surface area contributed by atoms with Crippen LogP contribution in [0.3, 0.4) is 0 Å². The third-order valence-corrected chi connectivity index (χ3v) is 4.95. The lowest BCUT2D eigenvalue weighted by atomic mass is 10.1. The van der Waals surface area contributed by atoms with Crippen molar-refractivity contribution in [3.05, 3.63) is 72.3 Å². The minimum Gasteiger partial charge on any atom is -0.378 e. The lowest BCUT2D eigenvalue weighted by Gasteiger charge is -2.11. The number of fused-ring (bicyclic) bond motifs is 1. The average molecular weight is 340 g/mol. The van der Waals surface area contributed by atoms with Crippen molar-refractivity contribution in [2.24, 2.45) is 0 Å². The normalized spacial score (nSPS) is 11.4. The Morgan fingerprint density at radius 1 is 0.917 bits per heavy atom. The molecule has 24 heavy (non-hydrogen) atoms. The van der Waals surface area contributed by atoms with E-state index in [2.05, 4.69) is 0 Å². The number of para-hydroxylation sites is 1. The van der Waals surface area contributed by atoms with E-state index in [0.717, 1.165) is 10.8 Å². The van der Waals surface area contributed by atoms with Gasteiger partial charge in [-0.15, -0.1) is 0 Å². The first kappa shape index (κ1) is 16.2. The smallest absolute Gasteiger partial charge is 0.339 e. The molecule has 3 aromatic carbocycles. The van der Waals surface area contributed by atoms with Crippen molar-refractivity contribution in [2.75, 3.05) is 0 Å². The molecule has 0 bridgehead atoms. The molecule has 0 N–H and O–H groups in total. The van der Waals surface area contributed by atoms with E-state index in [4.69, 9.17) is 4.18 Å². The first-order chi connectivity index (χ1) is 11.5. The molecule has 0 aliphatic rings. The van der Waals surface area contributed by atoms with Crippen LogP contribution < -0.4 is 4.18 Å². The zero-order chi connectivity index (χ0) is 17.2. The molecule has 0 fully saturated rings. The van der Waals surface area contributed by atoms with Gasteiger partial charge in [0.25, 0.3) is 0 Å². The molecule has 0 unspecified atom stereocenters. The van der Waals surface area contributed by atoms with E-state index < -0.39 is 10.1 Å². The SMILES string of the molecule is CCC(=O)c1ccccc1OS(=O)(=O)c1ccc2ccccc2c1. The Kier molecular flexibility index (Phi) is 4.36. The van der Waals surface area contributed by atoms with Crippen molar-refractivity contribution in [3.63, 3.8) is 0 Å². The molecule has 0 aliphatic carbocycles. The third-order valence-electron chi connectivity index (χ3n) is 3.72. The van der Waals surface area contributed by atoms with Crippen molar-refractivity contribution in [3.8, 4) is 5.75 Å². The Morgan fingerprint density at radius 3 is 2.33 bits per heavy atom. The van der Waals surface area contributed by atoms with E-state index in [9.17, 15) is 13.2 Å². The van der Waals surface area contributed by atoms with Gasteiger partial charge in [-0.3, -0.25) is 4.79 Å².